The highest BCUT2D eigenvalue weighted by atomic mass is 35.5. The first-order valence-corrected chi connectivity index (χ1v) is 3.65. The van der Waals surface area contributed by atoms with Crippen LogP contribution in [0.25, 0.3) is 0 Å². The number of benzene rings is 1. The minimum absolute atomic E-state index is 0.0801. The van der Waals surface area contributed by atoms with Gasteiger partial charge in [-0.25, -0.2) is 0 Å². The summed E-state index contributed by atoms with van der Waals surface area (Å²) in [4.78, 5) is 9.87. The fourth-order valence-electron chi connectivity index (χ4n) is 0.854. The lowest BCUT2D eigenvalue weighted by atomic mass is 10.3. The Kier molecular flexibility index (Phi) is 2.50. The number of hydrogen-bond donors (Lipinski definition) is 1. The monoisotopic (exact) mass is 186 g/mol. The Morgan fingerprint density at radius 3 is 2.75 bits per heavy atom. The van der Waals surface area contributed by atoms with Gasteiger partial charge in [0.05, 0.1) is 10.6 Å². The highest BCUT2D eigenvalue weighted by Crippen LogP contribution is 2.30. The second-order valence-electron chi connectivity index (χ2n) is 2.15. The summed E-state index contributed by atoms with van der Waals surface area (Å²) in [6.07, 6.45) is 0. The minimum atomic E-state index is -0.511. The predicted octanol–water partition coefficient (Wildman–Crippen LogP) is 2.29. The molecule has 0 aliphatic heterocycles. The highest BCUT2D eigenvalue weighted by Gasteiger charge is 2.13. The van der Waals surface area contributed by atoms with Gasteiger partial charge < -0.3 is 5.32 Å². The Labute approximate surface area is 74.3 Å². The van der Waals surface area contributed by atoms with Crippen molar-refractivity contribution in [2.75, 3.05) is 12.4 Å². The van der Waals surface area contributed by atoms with Crippen LogP contribution in [0.5, 0.6) is 0 Å². The van der Waals surface area contributed by atoms with E-state index in [4.69, 9.17) is 11.6 Å². The number of nitrogens with one attached hydrogen (secondary N) is 1. The molecule has 0 aliphatic carbocycles. The maximum absolute atomic E-state index is 10.4. The zero-order valence-corrected chi connectivity index (χ0v) is 7.13. The van der Waals surface area contributed by atoms with Crippen molar-refractivity contribution in [3.05, 3.63) is 33.3 Å². The van der Waals surface area contributed by atoms with Crippen LogP contribution in [0.4, 0.5) is 11.4 Å². The topological polar surface area (TPSA) is 55.2 Å². The molecule has 0 atom stereocenters. The standard InChI is InChI=1S/C7H7ClN2O2/c1-9-5-3-2-4-6(7(5)8)10(11)12/h2-4,9H,1H3. The van der Waals surface area contributed by atoms with Gasteiger partial charge in [0.1, 0.15) is 5.02 Å². The Hall–Kier alpha value is -1.29. The number of nitro groups is 1. The zero-order valence-electron chi connectivity index (χ0n) is 6.37. The third-order valence-electron chi connectivity index (χ3n) is 1.44. The largest absolute Gasteiger partial charge is 0.387 e. The van der Waals surface area contributed by atoms with Crippen LogP contribution in [0.1, 0.15) is 0 Å². The lowest BCUT2D eigenvalue weighted by molar-refractivity contribution is -0.384. The van der Waals surface area contributed by atoms with Crippen LogP contribution in [0.15, 0.2) is 18.2 Å². The second kappa shape index (κ2) is 3.40. The highest BCUT2D eigenvalue weighted by molar-refractivity contribution is 6.35. The summed E-state index contributed by atoms with van der Waals surface area (Å²) in [5, 5.41) is 13.3. The molecule has 1 rings (SSSR count). The summed E-state index contributed by atoms with van der Waals surface area (Å²) >= 11 is 5.70. The molecule has 1 aromatic carbocycles. The number of halogens is 1. The normalized spacial score (nSPS) is 9.50. The number of anilines is 1. The van der Waals surface area contributed by atoms with Gasteiger partial charge in [-0.05, 0) is 6.07 Å². The second-order valence-corrected chi connectivity index (χ2v) is 2.52. The van der Waals surface area contributed by atoms with E-state index in [1.165, 1.54) is 6.07 Å². The van der Waals surface area contributed by atoms with Crippen LogP contribution in [-0.2, 0) is 0 Å². The van der Waals surface area contributed by atoms with Gasteiger partial charge in [0.25, 0.3) is 5.69 Å². The van der Waals surface area contributed by atoms with E-state index in [0.29, 0.717) is 5.69 Å². The van der Waals surface area contributed by atoms with Crippen molar-refractivity contribution in [1.29, 1.82) is 0 Å². The van der Waals surface area contributed by atoms with E-state index in [9.17, 15) is 10.1 Å². The summed E-state index contributed by atoms with van der Waals surface area (Å²) in [5.74, 6) is 0. The van der Waals surface area contributed by atoms with Gasteiger partial charge in [-0.15, -0.1) is 0 Å². The van der Waals surface area contributed by atoms with Gasteiger partial charge in [-0.2, -0.15) is 0 Å². The van der Waals surface area contributed by atoms with Crippen LogP contribution in [0.2, 0.25) is 5.02 Å². The third kappa shape index (κ3) is 1.48. The molecule has 0 aliphatic rings. The zero-order chi connectivity index (χ0) is 9.14. The lowest BCUT2D eigenvalue weighted by Crippen LogP contribution is -1.93. The maximum atomic E-state index is 10.4. The van der Waals surface area contributed by atoms with Crippen molar-refractivity contribution >= 4 is 23.0 Å². The quantitative estimate of drug-likeness (QED) is 0.570. The Morgan fingerprint density at radius 2 is 2.25 bits per heavy atom. The van der Waals surface area contributed by atoms with Gasteiger partial charge in [-0.3, -0.25) is 10.1 Å². The fraction of sp³-hybridized carbons (Fsp3) is 0.143. The molecule has 0 radical (unpaired) electrons. The van der Waals surface area contributed by atoms with Crippen LogP contribution in [0.3, 0.4) is 0 Å². The Morgan fingerprint density at radius 1 is 1.58 bits per heavy atom. The average molecular weight is 187 g/mol. The number of nitrogens with zero attached hydrogens (tertiary/aromatic N) is 1. The SMILES string of the molecule is CNc1cccc([N+](=O)[O-])c1Cl. The van der Waals surface area contributed by atoms with E-state index in [1.807, 2.05) is 0 Å². The van der Waals surface area contributed by atoms with Crippen molar-refractivity contribution in [3.63, 3.8) is 0 Å². The third-order valence-corrected chi connectivity index (χ3v) is 1.84. The predicted molar refractivity (Wildman–Crippen MR) is 47.7 cm³/mol. The van der Waals surface area contributed by atoms with Crippen molar-refractivity contribution in [3.8, 4) is 0 Å². The minimum Gasteiger partial charge on any atom is -0.387 e. The van der Waals surface area contributed by atoms with E-state index >= 15 is 0 Å². The molecule has 64 valence electrons. The van der Waals surface area contributed by atoms with Crippen LogP contribution < -0.4 is 5.32 Å². The van der Waals surface area contributed by atoms with E-state index in [1.54, 1.807) is 19.2 Å². The molecule has 5 heteroatoms. The summed E-state index contributed by atoms with van der Waals surface area (Å²) in [6, 6.07) is 4.62. The summed E-state index contributed by atoms with van der Waals surface area (Å²) < 4.78 is 0. The first-order valence-electron chi connectivity index (χ1n) is 3.27. The molecule has 0 heterocycles. The Bertz CT molecular complexity index is 314. The fourth-order valence-corrected chi connectivity index (χ4v) is 1.14. The average Bonchev–Trinajstić information content (AvgIpc) is 2.04. The molecule has 0 bridgehead atoms. The van der Waals surface area contributed by atoms with Gasteiger partial charge in [0.2, 0.25) is 0 Å². The van der Waals surface area contributed by atoms with Crippen LogP contribution in [-0.4, -0.2) is 12.0 Å². The maximum Gasteiger partial charge on any atom is 0.289 e. The summed E-state index contributed by atoms with van der Waals surface area (Å²) in [5.41, 5.74) is 0.481. The molecule has 0 unspecified atom stereocenters. The summed E-state index contributed by atoms with van der Waals surface area (Å²) in [6.45, 7) is 0. The molecule has 0 spiro atoms. The summed E-state index contributed by atoms with van der Waals surface area (Å²) in [7, 11) is 1.66. The molecule has 1 aromatic rings. The van der Waals surface area contributed by atoms with Crippen LogP contribution in [0, 0.1) is 10.1 Å². The number of hydrogen-bond acceptors (Lipinski definition) is 3. The van der Waals surface area contributed by atoms with E-state index in [2.05, 4.69) is 5.32 Å². The number of nitro benzene ring substituents is 1. The van der Waals surface area contributed by atoms with E-state index < -0.39 is 4.92 Å². The molecule has 0 amide bonds. The Balaban J connectivity index is 3.23. The molecule has 1 N–H and O–H groups in total. The van der Waals surface area contributed by atoms with Crippen molar-refractivity contribution in [2.45, 2.75) is 0 Å². The number of rotatable bonds is 2. The van der Waals surface area contributed by atoms with Gasteiger partial charge >= 0.3 is 0 Å². The van der Waals surface area contributed by atoms with Crippen molar-refractivity contribution < 1.29 is 4.92 Å². The van der Waals surface area contributed by atoms with Gasteiger partial charge in [0.15, 0.2) is 0 Å². The van der Waals surface area contributed by atoms with E-state index in [-0.39, 0.29) is 10.7 Å². The van der Waals surface area contributed by atoms with Gasteiger partial charge in [-0.1, -0.05) is 17.7 Å². The van der Waals surface area contributed by atoms with E-state index in [0.717, 1.165) is 0 Å². The smallest absolute Gasteiger partial charge is 0.289 e. The van der Waals surface area contributed by atoms with Crippen molar-refractivity contribution in [1.82, 2.24) is 0 Å². The molecule has 0 fully saturated rings. The molecular weight excluding hydrogens is 180 g/mol. The molecular formula is C7H7ClN2O2. The molecule has 0 saturated heterocycles. The lowest BCUT2D eigenvalue weighted by Gasteiger charge is -2.01. The molecule has 12 heavy (non-hydrogen) atoms. The first kappa shape index (κ1) is 8.80. The first-order chi connectivity index (χ1) is 5.66. The van der Waals surface area contributed by atoms with Crippen LogP contribution >= 0.6 is 11.6 Å². The van der Waals surface area contributed by atoms with Gasteiger partial charge in [0, 0.05) is 13.1 Å². The molecule has 0 aromatic heterocycles. The van der Waals surface area contributed by atoms with Crippen molar-refractivity contribution in [2.24, 2.45) is 0 Å². The molecule has 4 nitrogen and oxygen atoms in total. The molecule has 0 saturated carbocycles.